The van der Waals surface area contributed by atoms with Crippen LogP contribution in [0.4, 0.5) is 4.39 Å². The Labute approximate surface area is 107 Å². The molecule has 0 aliphatic carbocycles. The van der Waals surface area contributed by atoms with Crippen molar-refractivity contribution in [3.63, 3.8) is 0 Å². The molecule has 3 nitrogen and oxygen atoms in total. The predicted molar refractivity (Wildman–Crippen MR) is 67.6 cm³/mol. The Hall–Kier alpha value is -1.58. The zero-order chi connectivity index (χ0) is 13.4. The SMILES string of the molecule is CCCCCCCOc1c(F)cccc1C(=O)O. The van der Waals surface area contributed by atoms with Crippen LogP contribution in [-0.4, -0.2) is 17.7 Å². The fourth-order valence-corrected chi connectivity index (χ4v) is 1.70. The van der Waals surface area contributed by atoms with Gasteiger partial charge in [-0.05, 0) is 18.6 Å². The largest absolute Gasteiger partial charge is 0.490 e. The zero-order valence-corrected chi connectivity index (χ0v) is 10.6. The van der Waals surface area contributed by atoms with Crippen LogP contribution in [0.25, 0.3) is 0 Å². The average Bonchev–Trinajstić information content (AvgIpc) is 2.34. The Morgan fingerprint density at radius 1 is 1.28 bits per heavy atom. The van der Waals surface area contributed by atoms with Crippen molar-refractivity contribution in [3.05, 3.63) is 29.6 Å². The number of hydrogen-bond donors (Lipinski definition) is 1. The van der Waals surface area contributed by atoms with Gasteiger partial charge in [0.05, 0.1) is 6.61 Å². The van der Waals surface area contributed by atoms with Gasteiger partial charge in [-0.25, -0.2) is 9.18 Å². The van der Waals surface area contributed by atoms with Crippen LogP contribution in [0.15, 0.2) is 18.2 Å². The number of unbranched alkanes of at least 4 members (excludes halogenated alkanes) is 4. The Kier molecular flexibility index (Phi) is 6.19. The maximum absolute atomic E-state index is 13.5. The van der Waals surface area contributed by atoms with Gasteiger partial charge in [-0.1, -0.05) is 38.7 Å². The fraction of sp³-hybridized carbons (Fsp3) is 0.500. The summed E-state index contributed by atoms with van der Waals surface area (Å²) in [6.07, 6.45) is 5.30. The first-order chi connectivity index (χ1) is 8.66. The first-order valence-corrected chi connectivity index (χ1v) is 6.31. The lowest BCUT2D eigenvalue weighted by molar-refractivity contribution is 0.0691. The lowest BCUT2D eigenvalue weighted by Crippen LogP contribution is -2.06. The van der Waals surface area contributed by atoms with Gasteiger partial charge in [-0.3, -0.25) is 0 Å². The van der Waals surface area contributed by atoms with E-state index in [-0.39, 0.29) is 11.3 Å². The van der Waals surface area contributed by atoms with E-state index in [9.17, 15) is 9.18 Å². The third kappa shape index (κ3) is 4.35. The van der Waals surface area contributed by atoms with Crippen LogP contribution in [-0.2, 0) is 0 Å². The second-order valence-electron chi connectivity index (χ2n) is 4.18. The molecule has 0 amide bonds. The average molecular weight is 254 g/mol. The number of para-hydroxylation sites is 1. The van der Waals surface area contributed by atoms with E-state index in [4.69, 9.17) is 9.84 Å². The lowest BCUT2D eigenvalue weighted by atomic mass is 10.1. The third-order valence-electron chi connectivity index (χ3n) is 2.69. The lowest BCUT2D eigenvalue weighted by Gasteiger charge is -2.09. The van der Waals surface area contributed by atoms with Crippen molar-refractivity contribution < 1.29 is 19.0 Å². The maximum Gasteiger partial charge on any atom is 0.339 e. The van der Waals surface area contributed by atoms with Crippen molar-refractivity contribution in [1.29, 1.82) is 0 Å². The molecule has 1 aromatic carbocycles. The molecule has 0 saturated heterocycles. The van der Waals surface area contributed by atoms with Crippen molar-refractivity contribution >= 4 is 5.97 Å². The number of benzene rings is 1. The van der Waals surface area contributed by atoms with Crippen molar-refractivity contribution in [2.45, 2.75) is 39.0 Å². The molecule has 0 unspecified atom stereocenters. The molecule has 0 atom stereocenters. The minimum absolute atomic E-state index is 0.122. The van der Waals surface area contributed by atoms with Gasteiger partial charge in [0.1, 0.15) is 5.56 Å². The summed E-state index contributed by atoms with van der Waals surface area (Å²) in [5.41, 5.74) is -0.122. The molecule has 0 radical (unpaired) electrons. The number of carboxylic acid groups (broad SMARTS) is 1. The minimum Gasteiger partial charge on any atom is -0.490 e. The van der Waals surface area contributed by atoms with E-state index in [0.29, 0.717) is 6.61 Å². The summed E-state index contributed by atoms with van der Waals surface area (Å²) in [4.78, 5) is 10.9. The smallest absolute Gasteiger partial charge is 0.339 e. The highest BCUT2D eigenvalue weighted by Gasteiger charge is 2.15. The van der Waals surface area contributed by atoms with Crippen molar-refractivity contribution in [1.82, 2.24) is 0 Å². The normalized spacial score (nSPS) is 10.3. The summed E-state index contributed by atoms with van der Waals surface area (Å²) >= 11 is 0. The predicted octanol–water partition coefficient (Wildman–Crippen LogP) is 3.87. The summed E-state index contributed by atoms with van der Waals surface area (Å²) < 4.78 is 18.7. The van der Waals surface area contributed by atoms with E-state index in [1.165, 1.54) is 24.6 Å². The van der Waals surface area contributed by atoms with E-state index in [2.05, 4.69) is 6.92 Å². The van der Waals surface area contributed by atoms with Gasteiger partial charge in [-0.15, -0.1) is 0 Å². The fourth-order valence-electron chi connectivity index (χ4n) is 1.70. The summed E-state index contributed by atoms with van der Waals surface area (Å²) in [5.74, 6) is -1.94. The van der Waals surface area contributed by atoms with Gasteiger partial charge in [0.25, 0.3) is 0 Å². The van der Waals surface area contributed by atoms with Crippen LogP contribution >= 0.6 is 0 Å². The summed E-state index contributed by atoms with van der Waals surface area (Å²) in [7, 11) is 0. The molecule has 1 N–H and O–H groups in total. The monoisotopic (exact) mass is 254 g/mol. The number of aromatic carboxylic acids is 1. The van der Waals surface area contributed by atoms with Crippen LogP contribution in [0.3, 0.4) is 0 Å². The highest BCUT2D eigenvalue weighted by Crippen LogP contribution is 2.23. The van der Waals surface area contributed by atoms with Crippen LogP contribution < -0.4 is 4.74 Å². The first kappa shape index (κ1) is 14.5. The second-order valence-corrected chi connectivity index (χ2v) is 4.18. The van der Waals surface area contributed by atoms with Crippen LogP contribution in [0.5, 0.6) is 5.75 Å². The second kappa shape index (κ2) is 7.69. The maximum atomic E-state index is 13.5. The molecule has 1 aromatic rings. The topological polar surface area (TPSA) is 46.5 Å². The van der Waals surface area contributed by atoms with Gasteiger partial charge >= 0.3 is 5.97 Å². The molecule has 0 saturated carbocycles. The Morgan fingerprint density at radius 2 is 2.00 bits per heavy atom. The third-order valence-corrected chi connectivity index (χ3v) is 2.69. The summed E-state index contributed by atoms with van der Waals surface area (Å²) in [6, 6.07) is 3.92. The molecular weight excluding hydrogens is 235 g/mol. The molecule has 0 fully saturated rings. The standard InChI is InChI=1S/C14H19FO3/c1-2-3-4-5-6-10-18-13-11(14(16)17)8-7-9-12(13)15/h7-9H,2-6,10H2,1H3,(H,16,17). The molecule has 0 aliphatic heterocycles. The molecule has 0 aromatic heterocycles. The van der Waals surface area contributed by atoms with E-state index in [0.717, 1.165) is 25.7 Å². The number of hydrogen-bond acceptors (Lipinski definition) is 2. The number of carbonyl (C=O) groups is 1. The van der Waals surface area contributed by atoms with E-state index < -0.39 is 11.8 Å². The van der Waals surface area contributed by atoms with Crippen molar-refractivity contribution in [2.75, 3.05) is 6.61 Å². The highest BCUT2D eigenvalue weighted by atomic mass is 19.1. The van der Waals surface area contributed by atoms with E-state index in [1.807, 2.05) is 0 Å². The van der Waals surface area contributed by atoms with E-state index >= 15 is 0 Å². The van der Waals surface area contributed by atoms with Crippen molar-refractivity contribution in [2.24, 2.45) is 0 Å². The number of carboxylic acids is 1. The quantitative estimate of drug-likeness (QED) is 0.716. The molecule has 1 rings (SSSR count). The number of halogens is 1. The molecule has 0 bridgehead atoms. The summed E-state index contributed by atoms with van der Waals surface area (Å²) in [6.45, 7) is 2.49. The van der Waals surface area contributed by atoms with Crippen LogP contribution in [0.2, 0.25) is 0 Å². The Balaban J connectivity index is 2.48. The van der Waals surface area contributed by atoms with Gasteiger partial charge in [0.15, 0.2) is 11.6 Å². The molecule has 4 heteroatoms. The van der Waals surface area contributed by atoms with Gasteiger partial charge in [0.2, 0.25) is 0 Å². The van der Waals surface area contributed by atoms with Gasteiger partial charge in [0, 0.05) is 0 Å². The molecule has 18 heavy (non-hydrogen) atoms. The van der Waals surface area contributed by atoms with Gasteiger partial charge < -0.3 is 9.84 Å². The first-order valence-electron chi connectivity index (χ1n) is 6.31. The molecule has 0 heterocycles. The molecule has 0 aliphatic rings. The zero-order valence-electron chi connectivity index (χ0n) is 10.6. The van der Waals surface area contributed by atoms with Gasteiger partial charge in [-0.2, -0.15) is 0 Å². The van der Waals surface area contributed by atoms with E-state index in [1.54, 1.807) is 0 Å². The van der Waals surface area contributed by atoms with Crippen LogP contribution in [0.1, 0.15) is 49.4 Å². The molecular formula is C14H19FO3. The Bertz CT molecular complexity index is 391. The minimum atomic E-state index is -1.17. The highest BCUT2D eigenvalue weighted by molar-refractivity contribution is 5.90. The van der Waals surface area contributed by atoms with Crippen molar-refractivity contribution in [3.8, 4) is 5.75 Å². The summed E-state index contributed by atoms with van der Waals surface area (Å²) in [5, 5.41) is 8.92. The molecule has 100 valence electrons. The number of rotatable bonds is 8. The molecule has 0 spiro atoms. The number of ether oxygens (including phenoxy) is 1. The van der Waals surface area contributed by atoms with Crippen LogP contribution in [0, 0.1) is 5.82 Å². The Morgan fingerprint density at radius 3 is 2.67 bits per heavy atom.